The van der Waals surface area contributed by atoms with Gasteiger partial charge in [-0.1, -0.05) is 18.2 Å². The van der Waals surface area contributed by atoms with Gasteiger partial charge in [-0.25, -0.2) is 4.99 Å². The molecule has 2 bridgehead atoms. The number of carbonyl (C=O) groups is 1. The van der Waals surface area contributed by atoms with Crippen LogP contribution in [0.4, 0.5) is 0 Å². The molecule has 9 heteroatoms. The number of carbonyl (C=O) groups excluding carboxylic acids is 1. The summed E-state index contributed by atoms with van der Waals surface area (Å²) in [6.07, 6.45) is 0.864. The molecule has 1 aromatic rings. The molecule has 3 saturated heterocycles. The molecule has 2 atom stereocenters. The van der Waals surface area contributed by atoms with Gasteiger partial charge in [0, 0.05) is 71.4 Å². The molecule has 0 aliphatic carbocycles. The lowest BCUT2D eigenvalue weighted by atomic mass is 10.0. The van der Waals surface area contributed by atoms with Crippen LogP contribution in [0, 0.1) is 0 Å². The minimum atomic E-state index is -0.00920. The zero-order chi connectivity index (χ0) is 20.2. The van der Waals surface area contributed by atoms with Crippen LogP contribution in [0.1, 0.15) is 18.0 Å². The number of benzene rings is 1. The fourth-order valence-electron chi connectivity index (χ4n) is 4.23. The number of amides is 1. The Kier molecular flexibility index (Phi) is 8.18. The second-order valence-electron chi connectivity index (χ2n) is 8.20. The number of nitrogens with one attached hydrogen (secondary N) is 2. The molecule has 1 aromatic carbocycles. The molecule has 0 aromatic heterocycles. The molecule has 4 aliphatic heterocycles. The Morgan fingerprint density at radius 3 is 2.70 bits per heavy atom. The number of para-hydroxylation sites is 1. The van der Waals surface area contributed by atoms with Gasteiger partial charge in [0.25, 0.3) is 0 Å². The van der Waals surface area contributed by atoms with E-state index in [9.17, 15) is 4.79 Å². The number of hydrogen-bond donors (Lipinski definition) is 2. The Morgan fingerprint density at radius 1 is 1.23 bits per heavy atom. The first-order valence-corrected chi connectivity index (χ1v) is 10.5. The van der Waals surface area contributed by atoms with Gasteiger partial charge in [-0.05, 0) is 6.07 Å². The summed E-state index contributed by atoms with van der Waals surface area (Å²) in [5.74, 6) is 1.60. The fraction of sp³-hybridized carbons (Fsp3) is 0.619. The first-order valence-electron chi connectivity index (χ1n) is 10.5. The number of guanidine groups is 1. The van der Waals surface area contributed by atoms with Crippen LogP contribution in [0.15, 0.2) is 29.3 Å². The van der Waals surface area contributed by atoms with Crippen LogP contribution in [0.2, 0.25) is 0 Å². The van der Waals surface area contributed by atoms with Crippen molar-refractivity contribution in [2.45, 2.75) is 18.5 Å². The Bertz CT molecular complexity index is 751. The highest BCUT2D eigenvalue weighted by atomic mass is 127. The molecule has 0 radical (unpaired) electrons. The van der Waals surface area contributed by atoms with E-state index in [0.717, 1.165) is 43.9 Å². The molecule has 3 fully saturated rings. The predicted octanol–water partition coefficient (Wildman–Crippen LogP) is 0.751. The van der Waals surface area contributed by atoms with Crippen LogP contribution < -0.4 is 15.4 Å². The minimum absolute atomic E-state index is 0. The van der Waals surface area contributed by atoms with E-state index in [4.69, 9.17) is 4.74 Å². The highest BCUT2D eigenvalue weighted by molar-refractivity contribution is 14.0. The van der Waals surface area contributed by atoms with Crippen molar-refractivity contribution in [2.24, 2.45) is 4.99 Å². The molecule has 2 N–H and O–H groups in total. The monoisotopic (exact) mass is 528 g/mol. The second kappa shape index (κ2) is 10.6. The van der Waals surface area contributed by atoms with E-state index >= 15 is 0 Å². The molecule has 4 heterocycles. The summed E-state index contributed by atoms with van der Waals surface area (Å²) in [5, 5.41) is 7.05. The lowest BCUT2D eigenvalue weighted by Gasteiger charge is -2.47. The van der Waals surface area contributed by atoms with Crippen molar-refractivity contribution >= 4 is 35.8 Å². The van der Waals surface area contributed by atoms with Gasteiger partial charge in [-0.3, -0.25) is 14.6 Å². The van der Waals surface area contributed by atoms with E-state index in [-0.39, 0.29) is 42.5 Å². The topological polar surface area (TPSA) is 72.4 Å². The number of nitrogens with zero attached hydrogens (tertiary/aromatic N) is 4. The first kappa shape index (κ1) is 23.1. The summed E-state index contributed by atoms with van der Waals surface area (Å²) >= 11 is 0. The summed E-state index contributed by atoms with van der Waals surface area (Å²) in [5.41, 5.74) is 1.14. The Morgan fingerprint density at radius 2 is 2.00 bits per heavy atom. The maximum Gasteiger partial charge on any atom is 0.243 e. The number of hydrogen-bond acceptors (Lipinski definition) is 5. The van der Waals surface area contributed by atoms with Gasteiger partial charge in [-0.2, -0.15) is 0 Å². The molecule has 4 aliphatic rings. The van der Waals surface area contributed by atoms with Crippen LogP contribution >= 0.6 is 24.0 Å². The Balaban J connectivity index is 0.00000256. The van der Waals surface area contributed by atoms with Gasteiger partial charge < -0.3 is 20.3 Å². The normalized spacial score (nSPS) is 27.3. The molecular formula is C21H33IN6O2. The van der Waals surface area contributed by atoms with E-state index in [0.29, 0.717) is 18.6 Å². The summed E-state index contributed by atoms with van der Waals surface area (Å²) < 4.78 is 5.78. The summed E-state index contributed by atoms with van der Waals surface area (Å²) in [6, 6.07) is 8.72. The van der Waals surface area contributed by atoms with E-state index < -0.39 is 0 Å². The lowest BCUT2D eigenvalue weighted by Crippen LogP contribution is -2.64. The summed E-state index contributed by atoms with van der Waals surface area (Å²) in [4.78, 5) is 23.3. The number of halogens is 1. The standard InChI is InChI=1S/C21H32N6O2.HI/c1-25(2)20(28)14-23-21(22-13-16-15-26-8-10-27(16)11-9-26)24-18-7-12-29-19-6-4-3-5-17(18)19;/h3-6,16,18H,7-15H2,1-2H3,(H2,22,23,24);1H. The number of fused-ring (bicyclic) bond motifs is 4. The number of aliphatic imine (C=N–C) groups is 1. The lowest BCUT2D eigenvalue weighted by molar-refractivity contribution is -0.127. The van der Waals surface area contributed by atoms with Crippen LogP contribution in [-0.4, -0.2) is 99.1 Å². The molecule has 5 rings (SSSR count). The van der Waals surface area contributed by atoms with Crippen molar-refractivity contribution in [3.8, 4) is 5.75 Å². The average molecular weight is 528 g/mol. The summed E-state index contributed by atoms with van der Waals surface area (Å²) in [6.45, 7) is 7.34. The van der Waals surface area contributed by atoms with E-state index in [2.05, 4.69) is 31.5 Å². The van der Waals surface area contributed by atoms with Crippen molar-refractivity contribution < 1.29 is 9.53 Å². The Hall–Kier alpha value is -1.59. The van der Waals surface area contributed by atoms with Crippen LogP contribution in [-0.2, 0) is 4.79 Å². The van der Waals surface area contributed by atoms with Gasteiger partial charge in [0.1, 0.15) is 12.3 Å². The molecular weight excluding hydrogens is 495 g/mol. The van der Waals surface area contributed by atoms with Gasteiger partial charge in [0.15, 0.2) is 5.96 Å². The number of ether oxygens (including phenoxy) is 1. The first-order chi connectivity index (χ1) is 14.1. The van der Waals surface area contributed by atoms with Gasteiger partial charge >= 0.3 is 0 Å². The summed E-state index contributed by atoms with van der Waals surface area (Å²) in [7, 11) is 3.52. The third-order valence-electron chi connectivity index (χ3n) is 6.04. The van der Waals surface area contributed by atoms with Crippen LogP contribution in [0.3, 0.4) is 0 Å². The molecule has 1 amide bonds. The highest BCUT2D eigenvalue weighted by Crippen LogP contribution is 2.31. The third-order valence-corrected chi connectivity index (χ3v) is 6.04. The molecule has 0 saturated carbocycles. The van der Waals surface area contributed by atoms with E-state index in [1.807, 2.05) is 18.2 Å². The smallest absolute Gasteiger partial charge is 0.243 e. The van der Waals surface area contributed by atoms with Gasteiger partial charge in [0.2, 0.25) is 5.91 Å². The van der Waals surface area contributed by atoms with Crippen molar-refractivity contribution in [3.63, 3.8) is 0 Å². The van der Waals surface area contributed by atoms with E-state index in [1.54, 1.807) is 19.0 Å². The highest BCUT2D eigenvalue weighted by Gasteiger charge is 2.32. The maximum atomic E-state index is 12.1. The molecule has 166 valence electrons. The average Bonchev–Trinajstić information content (AvgIpc) is 2.76. The zero-order valence-electron chi connectivity index (χ0n) is 17.8. The van der Waals surface area contributed by atoms with Crippen molar-refractivity contribution in [1.29, 1.82) is 0 Å². The van der Waals surface area contributed by atoms with Crippen molar-refractivity contribution in [3.05, 3.63) is 29.8 Å². The minimum Gasteiger partial charge on any atom is -0.493 e. The largest absolute Gasteiger partial charge is 0.493 e. The predicted molar refractivity (Wildman–Crippen MR) is 129 cm³/mol. The number of likely N-dealkylation sites (N-methyl/N-ethyl adjacent to an activating group) is 1. The van der Waals surface area contributed by atoms with Crippen molar-refractivity contribution in [1.82, 2.24) is 25.3 Å². The number of rotatable bonds is 5. The maximum absolute atomic E-state index is 12.1. The Labute approximate surface area is 196 Å². The van der Waals surface area contributed by atoms with Crippen LogP contribution in [0.5, 0.6) is 5.75 Å². The number of piperazine rings is 3. The molecule has 30 heavy (non-hydrogen) atoms. The quantitative estimate of drug-likeness (QED) is 0.334. The molecule has 8 nitrogen and oxygen atoms in total. The van der Waals surface area contributed by atoms with Gasteiger partial charge in [-0.15, -0.1) is 24.0 Å². The molecule has 2 unspecified atom stereocenters. The van der Waals surface area contributed by atoms with Gasteiger partial charge in [0.05, 0.1) is 12.6 Å². The second-order valence-corrected chi connectivity index (χ2v) is 8.20. The zero-order valence-corrected chi connectivity index (χ0v) is 20.2. The van der Waals surface area contributed by atoms with E-state index in [1.165, 1.54) is 13.1 Å². The third kappa shape index (κ3) is 5.55. The fourth-order valence-corrected chi connectivity index (χ4v) is 4.23. The van der Waals surface area contributed by atoms with Crippen LogP contribution in [0.25, 0.3) is 0 Å². The SMILES string of the molecule is CN(C)C(=O)CN=C(NCC1CN2CCN1CC2)NC1CCOc2ccccc21.I. The molecule has 0 spiro atoms. The van der Waals surface area contributed by atoms with Crippen molar-refractivity contribution in [2.75, 3.05) is 66.5 Å².